The largest absolute Gasteiger partial charge is 0.477 e. The first-order valence-corrected chi connectivity index (χ1v) is 27.1. The fraction of sp³-hybridized carbons (Fsp3) is 0.255. The Bertz CT molecular complexity index is 3480. The topological polar surface area (TPSA) is 74.6 Å². The molecule has 0 saturated heterocycles. The van der Waals surface area contributed by atoms with Gasteiger partial charge in [-0.05, 0) is 126 Å². The highest BCUT2D eigenvalue weighted by atomic mass is 32.1. The minimum Gasteiger partial charge on any atom is -0.477 e. The first-order valence-electron chi connectivity index (χ1n) is 20.4. The molecule has 0 unspecified atom stereocenters. The second kappa shape index (κ2) is 12.7. The molecule has 14 rings (SSSR count). The molecule has 0 bridgehead atoms. The van der Waals surface area contributed by atoms with E-state index in [0.717, 1.165) is 18.8 Å². The molecule has 4 aliphatic rings. The van der Waals surface area contributed by atoms with Crippen molar-refractivity contribution in [2.75, 3.05) is 0 Å². The molecule has 8 aromatic heterocycles. The zero-order valence-corrected chi connectivity index (χ0v) is 41.3. The predicted octanol–water partition coefficient (Wildman–Crippen LogP) is 17.7. The highest BCUT2D eigenvalue weighted by Crippen LogP contribution is 2.65. The summed E-state index contributed by atoms with van der Waals surface area (Å²) in [5.74, 6) is -1.74. The molecule has 2 N–H and O–H groups in total. The molecule has 0 fully saturated rings. The molecule has 0 atom stereocenters. The maximum Gasteiger partial charge on any atom is 0.345 e. The van der Waals surface area contributed by atoms with E-state index in [1.165, 1.54) is 117 Å². The number of fused-ring (bicyclic) bond motifs is 20. The lowest BCUT2D eigenvalue weighted by Crippen LogP contribution is -2.17. The fourth-order valence-electron chi connectivity index (χ4n) is 11.2. The Hall–Kier alpha value is -3.98. The van der Waals surface area contributed by atoms with Gasteiger partial charge < -0.3 is 10.2 Å². The van der Waals surface area contributed by atoms with Gasteiger partial charge in [-0.3, -0.25) is 0 Å². The summed E-state index contributed by atoms with van der Waals surface area (Å²) in [7, 11) is 0. The van der Waals surface area contributed by atoms with Crippen LogP contribution >= 0.6 is 90.7 Å². The molecule has 12 heteroatoms. The van der Waals surface area contributed by atoms with Gasteiger partial charge in [0.1, 0.15) is 9.75 Å². The van der Waals surface area contributed by atoms with E-state index in [9.17, 15) is 19.8 Å². The maximum absolute atomic E-state index is 11.6. The SMILES string of the molecule is C.CC1(C)c2cc3c(cc2-c2sc4cc(C(=O)O)sc4c21)C(C)(C)c1c-3sc2cc(C(=O)O)sc12.CC1(C)c2cc3c(cc2-c2sc4ccsc4c21)C(C)(C)c1c-3sc2ccsc12. The van der Waals surface area contributed by atoms with E-state index in [1.807, 2.05) is 57.5 Å². The standard InChI is InChI=1S/C26H18O4S4.C24H18S4.CH4/c1-25(2)11-5-10-12(6-9(11)19-17(25)21-13(31-19)7-15(33-21)23(27)28)26(3,4)18-20(10)32-14-8-16(24(29)30)34-22(14)18;1-23(2)13-9-12-14(10-11(13)19-17(23)21-15(27-19)5-7-25-21)24(3,4)18-20(12)28-16-6-8-26-22(16)18;/h5-8H,1-4H3,(H,27,28)(H,29,30);5-10H,1-4H3;1H4. The van der Waals surface area contributed by atoms with E-state index in [0.29, 0.717) is 9.75 Å². The quantitative estimate of drug-likeness (QED) is 0.181. The number of carboxylic acids is 2. The van der Waals surface area contributed by atoms with E-state index in [2.05, 4.69) is 103 Å². The Balaban J connectivity index is 0.000000134. The Morgan fingerprint density at radius 1 is 0.413 bits per heavy atom. The van der Waals surface area contributed by atoms with Gasteiger partial charge >= 0.3 is 11.9 Å². The molecule has 10 aromatic rings. The normalized spacial score (nSPS) is 16.9. The van der Waals surface area contributed by atoms with Gasteiger partial charge in [-0.15, -0.1) is 90.7 Å². The summed E-state index contributed by atoms with van der Waals surface area (Å²) in [4.78, 5) is 29.4. The fourth-order valence-corrected chi connectivity index (χ4v) is 22.3. The molecule has 0 amide bonds. The first kappa shape index (κ1) is 40.5. The van der Waals surface area contributed by atoms with Crippen LogP contribution in [0.4, 0.5) is 0 Å². The van der Waals surface area contributed by atoms with E-state index >= 15 is 0 Å². The average molecular weight is 973 g/mol. The van der Waals surface area contributed by atoms with E-state index in [1.54, 1.807) is 33.8 Å². The number of benzene rings is 2. The Kier molecular flexibility index (Phi) is 8.15. The van der Waals surface area contributed by atoms with Crippen molar-refractivity contribution in [2.45, 2.75) is 84.5 Å². The van der Waals surface area contributed by atoms with Gasteiger partial charge in [-0.2, -0.15) is 0 Å². The van der Waals surface area contributed by atoms with Crippen molar-refractivity contribution in [2.24, 2.45) is 0 Å². The number of rotatable bonds is 2. The third kappa shape index (κ3) is 4.94. The van der Waals surface area contributed by atoms with Gasteiger partial charge in [0, 0.05) is 69.4 Å². The number of hydrogen-bond donors (Lipinski definition) is 2. The van der Waals surface area contributed by atoms with Crippen LogP contribution in [0.2, 0.25) is 0 Å². The molecule has 0 spiro atoms. The summed E-state index contributed by atoms with van der Waals surface area (Å²) in [5, 5.41) is 23.5. The summed E-state index contributed by atoms with van der Waals surface area (Å²) >= 11 is 13.9. The molecule has 4 nitrogen and oxygen atoms in total. The van der Waals surface area contributed by atoms with Crippen LogP contribution in [0.3, 0.4) is 0 Å². The molecular weight excluding hydrogens is 933 g/mol. The van der Waals surface area contributed by atoms with Gasteiger partial charge in [0.15, 0.2) is 0 Å². The van der Waals surface area contributed by atoms with Crippen LogP contribution in [-0.2, 0) is 21.7 Å². The van der Waals surface area contributed by atoms with Gasteiger partial charge in [0.2, 0.25) is 0 Å². The monoisotopic (exact) mass is 972 g/mol. The molecule has 316 valence electrons. The molecule has 2 aromatic carbocycles. The highest BCUT2D eigenvalue weighted by Gasteiger charge is 2.47. The Morgan fingerprint density at radius 2 is 0.698 bits per heavy atom. The third-order valence-electron chi connectivity index (χ3n) is 14.2. The van der Waals surface area contributed by atoms with Crippen molar-refractivity contribution in [1.82, 2.24) is 0 Å². The predicted molar refractivity (Wildman–Crippen MR) is 277 cm³/mol. The van der Waals surface area contributed by atoms with Crippen LogP contribution in [0.25, 0.3) is 79.4 Å². The minimum atomic E-state index is -0.868. The number of hydrogen-bond acceptors (Lipinski definition) is 10. The van der Waals surface area contributed by atoms with Gasteiger partial charge in [0.05, 0.1) is 9.40 Å². The van der Waals surface area contributed by atoms with Crippen molar-refractivity contribution in [3.8, 4) is 41.8 Å². The molecule has 8 heterocycles. The lowest BCUT2D eigenvalue weighted by molar-refractivity contribution is 0.0691. The highest BCUT2D eigenvalue weighted by molar-refractivity contribution is 7.32. The van der Waals surface area contributed by atoms with Gasteiger partial charge in [-0.1, -0.05) is 62.8 Å². The Labute approximate surface area is 396 Å². The van der Waals surface area contributed by atoms with Crippen molar-refractivity contribution in [3.05, 3.63) is 114 Å². The van der Waals surface area contributed by atoms with Crippen LogP contribution in [0.5, 0.6) is 0 Å². The molecule has 0 aliphatic heterocycles. The van der Waals surface area contributed by atoms with Crippen LogP contribution in [0, 0.1) is 0 Å². The van der Waals surface area contributed by atoms with Crippen LogP contribution in [-0.4, -0.2) is 22.2 Å². The number of carboxylic acid groups (broad SMARTS) is 2. The van der Waals surface area contributed by atoms with E-state index in [4.69, 9.17) is 0 Å². The second-order valence-electron chi connectivity index (χ2n) is 19.1. The van der Waals surface area contributed by atoms with Crippen molar-refractivity contribution in [1.29, 1.82) is 0 Å². The van der Waals surface area contributed by atoms with Crippen LogP contribution in [0.15, 0.2) is 59.3 Å². The molecule has 63 heavy (non-hydrogen) atoms. The molecular formula is C51H40O4S8. The van der Waals surface area contributed by atoms with E-state index in [-0.39, 0.29) is 29.1 Å². The van der Waals surface area contributed by atoms with Gasteiger partial charge in [0.25, 0.3) is 0 Å². The first-order chi connectivity index (χ1) is 29.4. The van der Waals surface area contributed by atoms with Crippen molar-refractivity contribution < 1.29 is 19.8 Å². The number of aromatic carboxylic acids is 2. The second-order valence-corrected chi connectivity index (χ2v) is 27.2. The molecule has 0 radical (unpaired) electrons. The summed E-state index contributed by atoms with van der Waals surface area (Å²) in [6.45, 7) is 18.6. The summed E-state index contributed by atoms with van der Waals surface area (Å²) in [6, 6.07) is 18.0. The molecule has 4 aliphatic carbocycles. The maximum atomic E-state index is 11.6. The zero-order chi connectivity index (χ0) is 42.9. The van der Waals surface area contributed by atoms with E-state index < -0.39 is 11.9 Å². The van der Waals surface area contributed by atoms with Crippen molar-refractivity contribution >= 4 is 140 Å². The summed E-state index contributed by atoms with van der Waals surface area (Å²) < 4.78 is 10.2. The minimum absolute atomic E-state index is 0. The summed E-state index contributed by atoms with van der Waals surface area (Å²) in [6.07, 6.45) is 0. The average Bonchev–Trinajstić information content (AvgIpc) is 4.03. The lowest BCUT2D eigenvalue weighted by atomic mass is 9.79. The van der Waals surface area contributed by atoms with Gasteiger partial charge in [-0.25, -0.2) is 9.59 Å². The smallest absolute Gasteiger partial charge is 0.345 e. The number of thiophene rings is 8. The van der Waals surface area contributed by atoms with Crippen LogP contribution < -0.4 is 0 Å². The van der Waals surface area contributed by atoms with Crippen LogP contribution in [0.1, 0.15) is 127 Å². The lowest BCUT2D eigenvalue weighted by Gasteiger charge is -2.24. The molecule has 0 saturated carbocycles. The number of carbonyl (C=O) groups is 2. The summed E-state index contributed by atoms with van der Waals surface area (Å²) in [5.41, 5.74) is 16.4. The third-order valence-corrected chi connectivity index (χ3v) is 23.6. The zero-order valence-electron chi connectivity index (χ0n) is 34.8. The van der Waals surface area contributed by atoms with Crippen molar-refractivity contribution in [3.63, 3.8) is 0 Å². The Morgan fingerprint density at radius 3 is 1.00 bits per heavy atom.